The van der Waals surface area contributed by atoms with Crippen LogP contribution in [0.1, 0.15) is 6.92 Å². The molecule has 0 unspecified atom stereocenters. The van der Waals surface area contributed by atoms with Crippen molar-refractivity contribution in [1.82, 2.24) is 0 Å². The van der Waals surface area contributed by atoms with Gasteiger partial charge in [-0.1, -0.05) is 6.08 Å². The van der Waals surface area contributed by atoms with Crippen LogP contribution in [0.15, 0.2) is 35.6 Å². The summed E-state index contributed by atoms with van der Waals surface area (Å²) in [5.74, 6) is 0.302. The van der Waals surface area contributed by atoms with Crippen molar-refractivity contribution in [2.24, 2.45) is 0 Å². The summed E-state index contributed by atoms with van der Waals surface area (Å²) in [6, 6.07) is 1.82. The van der Waals surface area contributed by atoms with E-state index < -0.39 is 0 Å². The maximum Gasteiger partial charge on any atom is 0.170 e. The summed E-state index contributed by atoms with van der Waals surface area (Å²) in [5, 5.41) is 8.59. The van der Waals surface area contributed by atoms with E-state index in [4.69, 9.17) is 10.00 Å². The average Bonchev–Trinajstić information content (AvgIpc) is 2.15. The Bertz CT molecular complexity index is 342. The molecule has 1 aliphatic rings. The number of nitrogens with zero attached hydrogens (tertiary/aromatic N) is 1. The minimum Gasteiger partial charge on any atom is -0.489 e. The Morgan fingerprint density at radius 1 is 1.77 bits per heavy atom. The van der Waals surface area contributed by atoms with E-state index >= 15 is 0 Å². The van der Waals surface area contributed by atoms with Gasteiger partial charge >= 0.3 is 0 Å². The van der Waals surface area contributed by atoms with Gasteiger partial charge < -0.3 is 4.74 Å². The Balaban J connectivity index is 2.85. The molecule has 13 heavy (non-hydrogen) atoms. The van der Waals surface area contributed by atoms with Crippen molar-refractivity contribution in [2.75, 3.05) is 6.61 Å². The first-order valence-electron chi connectivity index (χ1n) is 3.86. The van der Waals surface area contributed by atoms with Crippen LogP contribution < -0.4 is 0 Å². The number of ketones is 1. The Morgan fingerprint density at radius 3 is 3.00 bits per heavy atom. The van der Waals surface area contributed by atoms with E-state index in [0.29, 0.717) is 12.4 Å². The fourth-order valence-electron chi connectivity index (χ4n) is 0.856. The van der Waals surface area contributed by atoms with Crippen LogP contribution in [0.2, 0.25) is 0 Å². The van der Waals surface area contributed by atoms with Gasteiger partial charge in [-0.25, -0.2) is 0 Å². The highest BCUT2D eigenvalue weighted by Crippen LogP contribution is 2.08. The number of allylic oxidation sites excluding steroid dienone is 4. The van der Waals surface area contributed by atoms with Crippen molar-refractivity contribution >= 4 is 5.78 Å². The first-order chi connectivity index (χ1) is 6.24. The molecule has 0 aromatic heterocycles. The van der Waals surface area contributed by atoms with E-state index in [0.717, 1.165) is 0 Å². The molecule has 1 rings (SSSR count). The molecule has 0 aromatic carbocycles. The number of nitriles is 1. The van der Waals surface area contributed by atoms with E-state index in [1.54, 1.807) is 6.08 Å². The van der Waals surface area contributed by atoms with Gasteiger partial charge in [0.2, 0.25) is 0 Å². The van der Waals surface area contributed by atoms with Crippen LogP contribution in [-0.4, -0.2) is 12.4 Å². The number of ether oxygens (including phenoxy) is 1. The third-order valence-electron chi connectivity index (χ3n) is 1.53. The molecule has 3 nitrogen and oxygen atoms in total. The lowest BCUT2D eigenvalue weighted by Gasteiger charge is -2.06. The number of hydrogen-bond acceptors (Lipinski definition) is 3. The fraction of sp³-hybridized carbons (Fsp3) is 0.200. The summed E-state index contributed by atoms with van der Waals surface area (Å²) in [4.78, 5) is 10.9. The summed E-state index contributed by atoms with van der Waals surface area (Å²) < 4.78 is 5.15. The smallest absolute Gasteiger partial charge is 0.170 e. The Kier molecular flexibility index (Phi) is 3.04. The van der Waals surface area contributed by atoms with Crippen LogP contribution in [0.3, 0.4) is 0 Å². The molecule has 0 N–H and O–H groups in total. The molecule has 0 spiro atoms. The predicted octanol–water partition coefficient (Wildman–Crippen LogP) is 1.50. The third kappa shape index (κ3) is 2.60. The van der Waals surface area contributed by atoms with Crippen molar-refractivity contribution < 1.29 is 9.53 Å². The molecule has 0 aromatic rings. The molecule has 0 amide bonds. The lowest BCUT2D eigenvalue weighted by Crippen LogP contribution is -1.98. The molecule has 3 heteroatoms. The lowest BCUT2D eigenvalue weighted by molar-refractivity contribution is -0.113. The second-order valence-corrected chi connectivity index (χ2v) is 2.53. The number of carbonyl (C=O) groups excluding carboxylic acids is 1. The van der Waals surface area contributed by atoms with Gasteiger partial charge in [-0.05, 0) is 19.1 Å². The van der Waals surface area contributed by atoms with Gasteiger partial charge in [-0.3, -0.25) is 4.79 Å². The number of rotatable bonds is 2. The van der Waals surface area contributed by atoms with Gasteiger partial charge in [0, 0.05) is 6.08 Å². The fourth-order valence-corrected chi connectivity index (χ4v) is 0.856. The first-order valence-corrected chi connectivity index (χ1v) is 3.86. The quantitative estimate of drug-likeness (QED) is 0.472. The second-order valence-electron chi connectivity index (χ2n) is 2.53. The molecular formula is C10H9NO2. The summed E-state index contributed by atoms with van der Waals surface area (Å²) in [6.45, 7) is 1.84. The lowest BCUT2D eigenvalue weighted by atomic mass is 10.2. The summed E-state index contributed by atoms with van der Waals surface area (Å²) >= 11 is 0. The first kappa shape index (κ1) is 9.27. The largest absolute Gasteiger partial charge is 0.489 e. The predicted molar refractivity (Wildman–Crippen MR) is 47.6 cm³/mol. The van der Waals surface area contributed by atoms with Gasteiger partial charge in [0.1, 0.15) is 18.4 Å². The molecule has 0 aliphatic carbocycles. The zero-order chi connectivity index (χ0) is 9.68. The highest BCUT2D eigenvalue weighted by atomic mass is 16.5. The zero-order valence-electron chi connectivity index (χ0n) is 7.28. The van der Waals surface area contributed by atoms with Crippen molar-refractivity contribution in [2.45, 2.75) is 6.92 Å². The topological polar surface area (TPSA) is 50.1 Å². The SMILES string of the molecule is CC(=O)/C(C#N)=C/C1=CC=CCO1. The minimum absolute atomic E-state index is 0.113. The highest BCUT2D eigenvalue weighted by molar-refractivity contribution is 5.97. The van der Waals surface area contributed by atoms with Gasteiger partial charge in [-0.15, -0.1) is 0 Å². The number of Topliss-reactive ketones (excluding diaryl/α,β-unsaturated/α-hetero) is 1. The molecule has 1 heterocycles. The summed E-state index contributed by atoms with van der Waals surface area (Å²) in [7, 11) is 0. The van der Waals surface area contributed by atoms with Crippen LogP contribution in [0.5, 0.6) is 0 Å². The zero-order valence-corrected chi connectivity index (χ0v) is 7.28. The summed E-state index contributed by atoms with van der Waals surface area (Å²) in [5.41, 5.74) is 0.113. The number of carbonyl (C=O) groups is 1. The Labute approximate surface area is 76.6 Å². The van der Waals surface area contributed by atoms with Crippen LogP contribution in [0.25, 0.3) is 0 Å². The van der Waals surface area contributed by atoms with Gasteiger partial charge in [0.25, 0.3) is 0 Å². The molecule has 0 radical (unpaired) electrons. The summed E-state index contributed by atoms with van der Waals surface area (Å²) in [6.07, 6.45) is 6.83. The average molecular weight is 175 g/mol. The minimum atomic E-state index is -0.249. The van der Waals surface area contributed by atoms with Crippen molar-refractivity contribution in [1.29, 1.82) is 5.26 Å². The van der Waals surface area contributed by atoms with Gasteiger partial charge in [-0.2, -0.15) is 5.26 Å². The maximum atomic E-state index is 10.9. The molecule has 0 saturated heterocycles. The third-order valence-corrected chi connectivity index (χ3v) is 1.53. The molecule has 0 saturated carbocycles. The van der Waals surface area contributed by atoms with Crippen LogP contribution in [0, 0.1) is 11.3 Å². The van der Waals surface area contributed by atoms with E-state index in [9.17, 15) is 4.79 Å². The van der Waals surface area contributed by atoms with Crippen LogP contribution in [0.4, 0.5) is 0 Å². The number of hydrogen-bond donors (Lipinski definition) is 0. The molecular weight excluding hydrogens is 166 g/mol. The van der Waals surface area contributed by atoms with Crippen molar-refractivity contribution in [3.63, 3.8) is 0 Å². The van der Waals surface area contributed by atoms with E-state index in [1.807, 2.05) is 18.2 Å². The maximum absolute atomic E-state index is 10.9. The highest BCUT2D eigenvalue weighted by Gasteiger charge is 2.04. The molecule has 0 bridgehead atoms. The Morgan fingerprint density at radius 2 is 2.54 bits per heavy atom. The standard InChI is InChI=1S/C10H9NO2/c1-8(12)9(7-11)6-10-4-2-3-5-13-10/h2-4,6H,5H2,1H3/b9-6+. The van der Waals surface area contributed by atoms with Crippen LogP contribution in [-0.2, 0) is 9.53 Å². The Hall–Kier alpha value is -1.82. The van der Waals surface area contributed by atoms with E-state index in [1.165, 1.54) is 13.0 Å². The van der Waals surface area contributed by atoms with Crippen molar-refractivity contribution in [3.8, 4) is 6.07 Å². The normalized spacial score (nSPS) is 15.7. The van der Waals surface area contributed by atoms with Crippen LogP contribution >= 0.6 is 0 Å². The monoisotopic (exact) mass is 175 g/mol. The molecule has 1 aliphatic heterocycles. The van der Waals surface area contributed by atoms with Gasteiger partial charge in [0.15, 0.2) is 5.78 Å². The second kappa shape index (κ2) is 4.27. The van der Waals surface area contributed by atoms with Gasteiger partial charge in [0.05, 0.1) is 5.57 Å². The van der Waals surface area contributed by atoms with E-state index in [-0.39, 0.29) is 11.4 Å². The van der Waals surface area contributed by atoms with E-state index in [2.05, 4.69) is 0 Å². The molecule has 0 fully saturated rings. The van der Waals surface area contributed by atoms with Crippen molar-refractivity contribution in [3.05, 3.63) is 35.6 Å². The molecule has 0 atom stereocenters. The molecule has 66 valence electrons.